The van der Waals surface area contributed by atoms with Gasteiger partial charge in [0.2, 0.25) is 0 Å². The zero-order valence-corrected chi connectivity index (χ0v) is 12.0. The van der Waals surface area contributed by atoms with Crippen molar-refractivity contribution in [1.29, 1.82) is 0 Å². The molecule has 1 fully saturated rings. The van der Waals surface area contributed by atoms with Crippen molar-refractivity contribution in [1.82, 2.24) is 5.32 Å². The van der Waals surface area contributed by atoms with E-state index in [0.29, 0.717) is 12.1 Å². The summed E-state index contributed by atoms with van der Waals surface area (Å²) in [5, 5.41) is 3.69. The van der Waals surface area contributed by atoms with E-state index in [1.807, 2.05) is 23.9 Å². The number of hydrogen-bond acceptors (Lipinski definition) is 4. The van der Waals surface area contributed by atoms with Crippen molar-refractivity contribution in [3.8, 4) is 11.5 Å². The molecule has 0 aromatic heterocycles. The largest absolute Gasteiger partial charge is 0.497 e. The highest BCUT2D eigenvalue weighted by molar-refractivity contribution is 7.99. The Bertz CT molecular complexity index is 397. The second kappa shape index (κ2) is 6.34. The fraction of sp³-hybridized carbons (Fsp3) is 0.571. The van der Waals surface area contributed by atoms with E-state index in [9.17, 15) is 0 Å². The maximum absolute atomic E-state index is 5.48. The van der Waals surface area contributed by atoms with Crippen LogP contribution in [0, 0.1) is 0 Å². The molecule has 1 N–H and O–H groups in total. The molecule has 1 aliphatic rings. The summed E-state index contributed by atoms with van der Waals surface area (Å²) in [7, 11) is 3.39. The molecule has 2 unspecified atom stereocenters. The molecular formula is C14H21NO2S. The van der Waals surface area contributed by atoms with Crippen LogP contribution < -0.4 is 14.8 Å². The van der Waals surface area contributed by atoms with Gasteiger partial charge in [-0.25, -0.2) is 0 Å². The Morgan fingerprint density at radius 2 is 2.11 bits per heavy atom. The minimum atomic E-state index is 0.370. The smallest absolute Gasteiger partial charge is 0.127 e. The molecule has 100 valence electrons. The van der Waals surface area contributed by atoms with Crippen molar-refractivity contribution >= 4 is 11.8 Å². The Balaban J connectivity index is 2.21. The molecule has 1 aliphatic heterocycles. The average Bonchev–Trinajstić information content (AvgIpc) is 2.46. The summed E-state index contributed by atoms with van der Waals surface area (Å²) in [4.78, 5) is 0. The Hall–Kier alpha value is -0.870. The molecule has 0 saturated carbocycles. The van der Waals surface area contributed by atoms with E-state index in [1.54, 1.807) is 14.2 Å². The predicted molar refractivity (Wildman–Crippen MR) is 76.8 cm³/mol. The first-order valence-electron chi connectivity index (χ1n) is 6.34. The van der Waals surface area contributed by atoms with E-state index in [0.717, 1.165) is 17.3 Å². The van der Waals surface area contributed by atoms with E-state index in [1.165, 1.54) is 17.7 Å². The molecule has 1 heterocycles. The molecule has 0 radical (unpaired) electrons. The Morgan fingerprint density at radius 3 is 2.78 bits per heavy atom. The molecule has 4 heteroatoms. The maximum Gasteiger partial charge on any atom is 0.127 e. The summed E-state index contributed by atoms with van der Waals surface area (Å²) >= 11 is 2.01. The van der Waals surface area contributed by atoms with Crippen molar-refractivity contribution in [2.24, 2.45) is 0 Å². The fourth-order valence-electron chi connectivity index (χ4n) is 2.23. The van der Waals surface area contributed by atoms with Gasteiger partial charge in [0.15, 0.2) is 0 Å². The molecule has 0 spiro atoms. The van der Waals surface area contributed by atoms with Crippen molar-refractivity contribution in [2.75, 3.05) is 25.7 Å². The van der Waals surface area contributed by atoms with Crippen LogP contribution in [0.2, 0.25) is 0 Å². The van der Waals surface area contributed by atoms with Crippen molar-refractivity contribution < 1.29 is 9.47 Å². The van der Waals surface area contributed by atoms with E-state index < -0.39 is 0 Å². The lowest BCUT2D eigenvalue weighted by Crippen LogP contribution is -2.39. The minimum absolute atomic E-state index is 0.370. The zero-order valence-electron chi connectivity index (χ0n) is 11.2. The van der Waals surface area contributed by atoms with Crippen LogP contribution in [0.3, 0.4) is 0 Å². The molecule has 1 aromatic carbocycles. The fourth-order valence-corrected chi connectivity index (χ4v) is 3.49. The van der Waals surface area contributed by atoms with Gasteiger partial charge in [0.05, 0.1) is 14.2 Å². The first-order valence-corrected chi connectivity index (χ1v) is 7.49. The van der Waals surface area contributed by atoms with Crippen LogP contribution in [-0.4, -0.2) is 31.8 Å². The first kappa shape index (κ1) is 13.6. The summed E-state index contributed by atoms with van der Waals surface area (Å²) in [6, 6.07) is 7.03. The summed E-state index contributed by atoms with van der Waals surface area (Å²) in [6.45, 7) is 2.23. The molecule has 0 amide bonds. The van der Waals surface area contributed by atoms with Gasteiger partial charge in [-0.2, -0.15) is 11.8 Å². The number of methoxy groups -OCH3 is 2. The van der Waals surface area contributed by atoms with Crippen LogP contribution in [0.4, 0.5) is 0 Å². The van der Waals surface area contributed by atoms with Gasteiger partial charge in [-0.3, -0.25) is 0 Å². The number of hydrogen-bond donors (Lipinski definition) is 1. The second-order valence-electron chi connectivity index (χ2n) is 4.47. The van der Waals surface area contributed by atoms with Crippen LogP contribution in [0.1, 0.15) is 24.9 Å². The first-order chi connectivity index (χ1) is 8.78. The van der Waals surface area contributed by atoms with Gasteiger partial charge in [-0.05, 0) is 12.5 Å². The second-order valence-corrected chi connectivity index (χ2v) is 5.54. The molecule has 0 bridgehead atoms. The minimum Gasteiger partial charge on any atom is -0.497 e. The number of nitrogens with one attached hydrogen (secondary N) is 1. The Labute approximate surface area is 113 Å². The molecular weight excluding hydrogens is 246 g/mol. The average molecular weight is 267 g/mol. The molecule has 0 aliphatic carbocycles. The monoisotopic (exact) mass is 267 g/mol. The van der Waals surface area contributed by atoms with Crippen LogP contribution in [0.25, 0.3) is 0 Å². The normalized spacial score (nSPS) is 23.7. The number of benzene rings is 1. The van der Waals surface area contributed by atoms with E-state index in [-0.39, 0.29) is 0 Å². The number of rotatable bonds is 4. The zero-order chi connectivity index (χ0) is 13.0. The topological polar surface area (TPSA) is 30.5 Å². The van der Waals surface area contributed by atoms with Crippen molar-refractivity contribution in [2.45, 2.75) is 25.4 Å². The van der Waals surface area contributed by atoms with Crippen LogP contribution in [0.15, 0.2) is 18.2 Å². The van der Waals surface area contributed by atoms with Gasteiger partial charge < -0.3 is 14.8 Å². The van der Waals surface area contributed by atoms with Crippen molar-refractivity contribution in [3.63, 3.8) is 0 Å². The molecule has 1 saturated heterocycles. The van der Waals surface area contributed by atoms with Gasteiger partial charge in [0, 0.05) is 35.2 Å². The SMILES string of the molecule is CCC1CSCC(c2ccc(OC)cc2OC)N1. The van der Waals surface area contributed by atoms with Gasteiger partial charge in [0.1, 0.15) is 11.5 Å². The number of ether oxygens (including phenoxy) is 2. The van der Waals surface area contributed by atoms with Crippen molar-refractivity contribution in [3.05, 3.63) is 23.8 Å². The highest BCUT2D eigenvalue weighted by Crippen LogP contribution is 2.33. The van der Waals surface area contributed by atoms with Crippen LogP contribution in [-0.2, 0) is 0 Å². The molecule has 18 heavy (non-hydrogen) atoms. The predicted octanol–water partition coefficient (Wildman–Crippen LogP) is 2.86. The van der Waals surface area contributed by atoms with Crippen LogP contribution in [0.5, 0.6) is 11.5 Å². The highest BCUT2D eigenvalue weighted by Gasteiger charge is 2.24. The maximum atomic E-state index is 5.48. The summed E-state index contributed by atoms with van der Waals surface area (Å²) in [6.07, 6.45) is 1.17. The lowest BCUT2D eigenvalue weighted by Gasteiger charge is -2.31. The molecule has 1 aromatic rings. The van der Waals surface area contributed by atoms with E-state index in [2.05, 4.69) is 18.3 Å². The van der Waals surface area contributed by atoms with Gasteiger partial charge in [-0.15, -0.1) is 0 Å². The summed E-state index contributed by atoms with van der Waals surface area (Å²) in [5.41, 5.74) is 1.23. The lowest BCUT2D eigenvalue weighted by molar-refractivity contribution is 0.381. The van der Waals surface area contributed by atoms with Gasteiger partial charge in [0.25, 0.3) is 0 Å². The number of thioether (sulfide) groups is 1. The standard InChI is InChI=1S/C14H21NO2S/c1-4-10-8-18-9-13(15-10)12-6-5-11(16-2)7-14(12)17-3/h5-7,10,13,15H,4,8-9H2,1-3H3. The molecule has 2 rings (SSSR count). The molecule has 2 atom stereocenters. The summed E-state index contributed by atoms with van der Waals surface area (Å²) < 4.78 is 10.7. The third-order valence-corrected chi connectivity index (χ3v) is 4.56. The summed E-state index contributed by atoms with van der Waals surface area (Å²) in [5.74, 6) is 4.04. The van der Waals surface area contributed by atoms with Gasteiger partial charge in [-0.1, -0.05) is 13.0 Å². The third kappa shape index (κ3) is 2.93. The Morgan fingerprint density at radius 1 is 1.28 bits per heavy atom. The molecule has 3 nitrogen and oxygen atoms in total. The van der Waals surface area contributed by atoms with Crippen LogP contribution >= 0.6 is 11.8 Å². The highest BCUT2D eigenvalue weighted by atomic mass is 32.2. The van der Waals surface area contributed by atoms with E-state index >= 15 is 0 Å². The van der Waals surface area contributed by atoms with E-state index in [4.69, 9.17) is 9.47 Å². The Kier molecular flexibility index (Phi) is 4.78. The lowest BCUT2D eigenvalue weighted by atomic mass is 10.0. The van der Waals surface area contributed by atoms with Gasteiger partial charge >= 0.3 is 0 Å². The quantitative estimate of drug-likeness (QED) is 0.908. The third-order valence-electron chi connectivity index (χ3n) is 3.35.